The number of carbonyl (C=O) groups is 3. The molecule has 0 aliphatic heterocycles. The van der Waals surface area contributed by atoms with Crippen molar-refractivity contribution in [2.24, 2.45) is 28.6 Å². The summed E-state index contributed by atoms with van der Waals surface area (Å²) in [6.07, 6.45) is 3.56. The van der Waals surface area contributed by atoms with E-state index in [1.807, 2.05) is 6.92 Å². The van der Waals surface area contributed by atoms with Crippen molar-refractivity contribution in [2.75, 3.05) is 0 Å². The van der Waals surface area contributed by atoms with E-state index < -0.39 is 35.3 Å². The van der Waals surface area contributed by atoms with Crippen molar-refractivity contribution in [3.05, 3.63) is 11.6 Å². The molecule has 0 bridgehead atoms. The van der Waals surface area contributed by atoms with Crippen molar-refractivity contribution in [2.45, 2.75) is 90.4 Å². The zero-order valence-electron chi connectivity index (χ0n) is 18.8. The third-order valence-electron chi connectivity index (χ3n) is 8.95. The molecule has 7 nitrogen and oxygen atoms in total. The minimum Gasteiger partial charge on any atom is -0.478 e. The highest BCUT2D eigenvalue weighted by Crippen LogP contribution is 2.68. The zero-order chi connectivity index (χ0) is 22.8. The monoisotopic (exact) mass is 434 g/mol. The van der Waals surface area contributed by atoms with E-state index in [4.69, 9.17) is 9.47 Å². The topological polar surface area (TPSA) is 110 Å². The van der Waals surface area contributed by atoms with Gasteiger partial charge in [0.2, 0.25) is 5.60 Å². The molecule has 0 amide bonds. The molecular formula is C24H34O7. The van der Waals surface area contributed by atoms with Gasteiger partial charge in [0.05, 0.1) is 12.2 Å². The van der Waals surface area contributed by atoms with Crippen molar-refractivity contribution in [3.8, 4) is 0 Å². The van der Waals surface area contributed by atoms with Gasteiger partial charge in [0, 0.05) is 11.8 Å². The molecule has 0 aromatic carbocycles. The van der Waals surface area contributed by atoms with Gasteiger partial charge < -0.3 is 19.7 Å². The lowest BCUT2D eigenvalue weighted by Crippen LogP contribution is -2.62. The Morgan fingerprint density at radius 2 is 1.87 bits per heavy atom. The fraction of sp³-hybridized carbons (Fsp3) is 0.792. The van der Waals surface area contributed by atoms with Gasteiger partial charge in [-0.25, -0.2) is 9.59 Å². The number of aliphatic carboxylic acids is 1. The van der Waals surface area contributed by atoms with E-state index in [9.17, 15) is 24.6 Å². The number of carboxylic acids is 1. The van der Waals surface area contributed by atoms with Crippen LogP contribution >= 0.6 is 0 Å². The van der Waals surface area contributed by atoms with Crippen LogP contribution in [0.15, 0.2) is 11.6 Å². The smallest absolute Gasteiger partial charge is 0.478 e. The van der Waals surface area contributed by atoms with Crippen molar-refractivity contribution in [1.82, 2.24) is 0 Å². The number of fused-ring (bicyclic) bond motifs is 5. The van der Waals surface area contributed by atoms with Gasteiger partial charge in [-0.1, -0.05) is 19.4 Å². The fourth-order valence-corrected chi connectivity index (χ4v) is 7.60. The van der Waals surface area contributed by atoms with E-state index in [2.05, 4.69) is 6.92 Å². The summed E-state index contributed by atoms with van der Waals surface area (Å²) in [7, 11) is 0. The number of carboxylic acid groups (broad SMARTS) is 1. The quantitative estimate of drug-likeness (QED) is 0.649. The van der Waals surface area contributed by atoms with Crippen molar-refractivity contribution in [1.29, 1.82) is 0 Å². The van der Waals surface area contributed by atoms with Gasteiger partial charge in [-0.05, 0) is 81.6 Å². The van der Waals surface area contributed by atoms with Crippen molar-refractivity contribution in [3.63, 3.8) is 0 Å². The average Bonchev–Trinajstić information content (AvgIpc) is 2.94. The molecule has 0 aromatic heterocycles. The van der Waals surface area contributed by atoms with Gasteiger partial charge in [-0.3, -0.25) is 4.79 Å². The van der Waals surface area contributed by atoms with Gasteiger partial charge in [-0.15, -0.1) is 0 Å². The van der Waals surface area contributed by atoms with Crippen LogP contribution in [0.5, 0.6) is 0 Å². The molecular weight excluding hydrogens is 400 g/mol. The largest absolute Gasteiger partial charge is 0.509 e. The van der Waals surface area contributed by atoms with Crippen LogP contribution < -0.4 is 0 Å². The Morgan fingerprint density at radius 3 is 2.52 bits per heavy atom. The maximum atomic E-state index is 12.5. The van der Waals surface area contributed by atoms with Gasteiger partial charge in [0.25, 0.3) is 0 Å². The van der Waals surface area contributed by atoms with E-state index in [0.717, 1.165) is 24.8 Å². The molecule has 4 aliphatic rings. The van der Waals surface area contributed by atoms with Gasteiger partial charge in [-0.2, -0.15) is 0 Å². The average molecular weight is 435 g/mol. The van der Waals surface area contributed by atoms with E-state index in [-0.39, 0.29) is 41.8 Å². The summed E-state index contributed by atoms with van der Waals surface area (Å²) >= 11 is 0. The third-order valence-corrected chi connectivity index (χ3v) is 8.95. The van der Waals surface area contributed by atoms with Crippen LogP contribution in [0.4, 0.5) is 4.79 Å². The highest BCUT2D eigenvalue weighted by atomic mass is 16.7. The molecule has 4 aliphatic carbocycles. The van der Waals surface area contributed by atoms with Gasteiger partial charge >= 0.3 is 12.1 Å². The number of hydrogen-bond donors (Lipinski definition) is 2. The predicted octanol–water partition coefficient (Wildman–Crippen LogP) is 3.87. The summed E-state index contributed by atoms with van der Waals surface area (Å²) in [6.45, 7) is 7.39. The Bertz CT molecular complexity index is 832. The van der Waals surface area contributed by atoms with Crippen LogP contribution in [0.25, 0.3) is 0 Å². The van der Waals surface area contributed by atoms with E-state index >= 15 is 0 Å². The molecule has 7 heteroatoms. The summed E-state index contributed by atoms with van der Waals surface area (Å²) in [5.74, 6) is -0.903. The maximum Gasteiger partial charge on any atom is 0.509 e. The molecule has 0 aromatic rings. The van der Waals surface area contributed by atoms with E-state index in [1.54, 1.807) is 19.9 Å². The molecule has 0 spiro atoms. The second-order valence-electron chi connectivity index (χ2n) is 10.8. The number of carbonyl (C=O) groups excluding carboxylic acids is 2. The number of aliphatic hydroxyl groups is 1. The second-order valence-corrected chi connectivity index (χ2v) is 10.8. The minimum atomic E-state index is -1.71. The van der Waals surface area contributed by atoms with Crippen LogP contribution in [0, 0.1) is 28.6 Å². The SMILES string of the molecule is CC(C)OC(=O)O[C@]1(C(=O)O)CCC2C3CCC4=CC(=O)CC[C@]4(C)C3C(O)C[C@@]21C. The molecule has 0 saturated heterocycles. The first-order chi connectivity index (χ1) is 14.4. The molecule has 4 unspecified atom stereocenters. The highest BCUT2D eigenvalue weighted by molar-refractivity contribution is 5.91. The fourth-order valence-electron chi connectivity index (χ4n) is 7.60. The van der Waals surface area contributed by atoms with Crippen LogP contribution in [0.3, 0.4) is 0 Å². The summed E-state index contributed by atoms with van der Waals surface area (Å²) in [6, 6.07) is 0. The number of rotatable bonds is 3. The summed E-state index contributed by atoms with van der Waals surface area (Å²) < 4.78 is 10.7. The molecule has 172 valence electrons. The molecule has 31 heavy (non-hydrogen) atoms. The van der Waals surface area contributed by atoms with Crippen LogP contribution in [-0.4, -0.2) is 45.9 Å². The minimum absolute atomic E-state index is 0.0138. The second kappa shape index (κ2) is 7.32. The molecule has 7 atom stereocenters. The standard InChI is InChI=1S/C24H34O7/c1-13(2)30-21(29)31-24(20(27)28)10-8-17-16-6-5-14-11-15(25)7-9-22(14,3)19(16)18(26)12-23(17,24)4/h11,13,16-19,26H,5-10,12H2,1-4H3,(H,27,28)/t16?,17?,18?,19?,22-,23-,24-/m0/s1. The number of ether oxygens (including phenoxy) is 2. The molecule has 2 N–H and O–H groups in total. The van der Waals surface area contributed by atoms with Crippen LogP contribution in [-0.2, 0) is 19.1 Å². The number of ketones is 1. The number of hydrogen-bond acceptors (Lipinski definition) is 6. The third kappa shape index (κ3) is 3.14. The highest BCUT2D eigenvalue weighted by Gasteiger charge is 2.71. The number of allylic oxidation sites excluding steroid dienone is 1. The maximum absolute atomic E-state index is 12.5. The summed E-state index contributed by atoms with van der Waals surface area (Å²) in [5.41, 5.74) is -1.72. The van der Waals surface area contributed by atoms with E-state index in [0.29, 0.717) is 12.8 Å². The lowest BCUT2D eigenvalue weighted by Gasteiger charge is -2.60. The first-order valence-corrected chi connectivity index (χ1v) is 11.5. The first-order valence-electron chi connectivity index (χ1n) is 11.5. The summed E-state index contributed by atoms with van der Waals surface area (Å²) in [4.78, 5) is 36.9. The Hall–Kier alpha value is -1.89. The van der Waals surface area contributed by atoms with Gasteiger partial charge in [0.15, 0.2) is 5.78 Å². The lowest BCUT2D eigenvalue weighted by atomic mass is 9.45. The molecule has 3 saturated carbocycles. The molecule has 4 rings (SSSR count). The Labute approximate surface area is 183 Å². The van der Waals surface area contributed by atoms with Gasteiger partial charge in [0.1, 0.15) is 0 Å². The molecule has 0 radical (unpaired) electrons. The van der Waals surface area contributed by atoms with Crippen molar-refractivity contribution < 1.29 is 34.1 Å². The molecule has 0 heterocycles. The normalized spacial score (nSPS) is 44.1. The van der Waals surface area contributed by atoms with Crippen LogP contribution in [0.1, 0.15) is 72.6 Å². The lowest BCUT2D eigenvalue weighted by molar-refractivity contribution is -0.199. The predicted molar refractivity (Wildman–Crippen MR) is 111 cm³/mol. The Kier molecular flexibility index (Phi) is 5.27. The molecule has 3 fully saturated rings. The number of aliphatic hydroxyl groups excluding tert-OH is 1. The summed E-state index contributed by atoms with van der Waals surface area (Å²) in [5, 5.41) is 21.6. The Balaban J connectivity index is 1.70. The zero-order valence-corrected chi connectivity index (χ0v) is 18.8. The van der Waals surface area contributed by atoms with Crippen LogP contribution in [0.2, 0.25) is 0 Å². The van der Waals surface area contributed by atoms with Crippen molar-refractivity contribution >= 4 is 17.9 Å². The first kappa shape index (κ1) is 22.3. The van der Waals surface area contributed by atoms with E-state index in [1.165, 1.54) is 0 Å². The Morgan fingerprint density at radius 1 is 1.16 bits per heavy atom.